The molecule has 3 atom stereocenters. The molecule has 3 rings (SSSR count). The lowest BCUT2D eigenvalue weighted by Crippen LogP contribution is -2.53. The number of pyridine rings is 2. The third-order valence-electron chi connectivity index (χ3n) is 4.70. The third-order valence-corrected chi connectivity index (χ3v) is 4.70. The van der Waals surface area contributed by atoms with Crippen molar-refractivity contribution in [2.24, 2.45) is 0 Å². The molecule has 1 saturated carbocycles. The van der Waals surface area contributed by atoms with Crippen molar-refractivity contribution < 1.29 is 19.4 Å². The monoisotopic (exact) mass is 357 g/mol. The van der Waals surface area contributed by atoms with Gasteiger partial charge in [0.25, 0.3) is 5.91 Å². The van der Waals surface area contributed by atoms with Crippen LogP contribution in [0.25, 0.3) is 0 Å². The minimum absolute atomic E-state index is 0.235. The van der Waals surface area contributed by atoms with Crippen LogP contribution in [-0.4, -0.2) is 58.3 Å². The summed E-state index contributed by atoms with van der Waals surface area (Å²) < 4.78 is 11.1. The van der Waals surface area contributed by atoms with Gasteiger partial charge in [0, 0.05) is 19.4 Å². The number of nitrogens with zero attached hydrogens (tertiary/aromatic N) is 3. The average molecular weight is 357 g/mol. The zero-order chi connectivity index (χ0) is 18.5. The number of hydrogen-bond acceptors (Lipinski definition) is 6. The van der Waals surface area contributed by atoms with Gasteiger partial charge < -0.3 is 19.5 Å². The van der Waals surface area contributed by atoms with E-state index in [1.807, 2.05) is 0 Å². The van der Waals surface area contributed by atoms with Crippen molar-refractivity contribution in [3.05, 3.63) is 48.4 Å². The Labute approximate surface area is 152 Å². The fourth-order valence-electron chi connectivity index (χ4n) is 3.32. The van der Waals surface area contributed by atoms with Crippen molar-refractivity contribution >= 4 is 5.91 Å². The molecule has 1 aliphatic carbocycles. The third kappa shape index (κ3) is 3.77. The maximum atomic E-state index is 12.9. The highest BCUT2D eigenvalue weighted by molar-refractivity contribution is 5.96. The predicted molar refractivity (Wildman–Crippen MR) is 95.2 cm³/mol. The minimum atomic E-state index is -0.791. The Bertz CT molecular complexity index is 741. The summed E-state index contributed by atoms with van der Waals surface area (Å²) in [6, 6.07) is 6.60. The Morgan fingerprint density at radius 3 is 2.81 bits per heavy atom. The number of aliphatic hydroxyl groups excluding tert-OH is 1. The quantitative estimate of drug-likeness (QED) is 0.880. The summed E-state index contributed by atoms with van der Waals surface area (Å²) in [5.41, 5.74) is 0.375. The van der Waals surface area contributed by atoms with Gasteiger partial charge >= 0.3 is 0 Å². The average Bonchev–Trinajstić information content (AvgIpc) is 2.69. The van der Waals surface area contributed by atoms with Gasteiger partial charge in [-0.1, -0.05) is 0 Å². The van der Waals surface area contributed by atoms with E-state index in [9.17, 15) is 9.90 Å². The SMILES string of the molecule is COc1ncccc1C(=O)N(C)[C@@H]1CCC[C@@H](Oc2cccnc2)[C@@H]1O. The molecular formula is C19H23N3O4. The fourth-order valence-corrected chi connectivity index (χ4v) is 3.32. The first-order valence-corrected chi connectivity index (χ1v) is 8.62. The normalized spacial score (nSPS) is 22.5. The molecule has 0 aromatic carbocycles. The number of methoxy groups -OCH3 is 1. The van der Waals surface area contributed by atoms with Crippen molar-refractivity contribution in [2.45, 2.75) is 37.5 Å². The van der Waals surface area contributed by atoms with Crippen molar-refractivity contribution in [1.29, 1.82) is 0 Å². The maximum Gasteiger partial charge on any atom is 0.259 e. The summed E-state index contributed by atoms with van der Waals surface area (Å²) in [6.45, 7) is 0. The van der Waals surface area contributed by atoms with Gasteiger partial charge in [0.1, 0.15) is 23.5 Å². The first kappa shape index (κ1) is 18.1. The second-order valence-corrected chi connectivity index (χ2v) is 6.31. The molecule has 0 aliphatic heterocycles. The van der Waals surface area contributed by atoms with E-state index in [0.717, 1.165) is 12.8 Å². The largest absolute Gasteiger partial charge is 0.486 e. The number of aromatic nitrogens is 2. The van der Waals surface area contributed by atoms with Gasteiger partial charge in [-0.05, 0) is 43.5 Å². The molecule has 2 heterocycles. The number of likely N-dealkylation sites (N-methyl/N-ethyl adjacent to an activating group) is 1. The molecule has 7 heteroatoms. The standard InChI is InChI=1S/C19H23N3O4/c1-22(19(24)14-7-5-11-21-18(14)25-2)15-8-3-9-16(17(15)23)26-13-6-4-10-20-12-13/h4-7,10-12,15-17,23H,3,8-9H2,1-2H3/t15-,16-,17-/m1/s1. The maximum absolute atomic E-state index is 12.9. The van der Waals surface area contributed by atoms with Gasteiger partial charge in [-0.25, -0.2) is 4.98 Å². The van der Waals surface area contributed by atoms with E-state index < -0.39 is 6.10 Å². The van der Waals surface area contributed by atoms with Gasteiger partial charge in [-0.15, -0.1) is 0 Å². The van der Waals surface area contributed by atoms with Crippen molar-refractivity contribution in [3.63, 3.8) is 0 Å². The Morgan fingerprint density at radius 2 is 2.08 bits per heavy atom. The summed E-state index contributed by atoms with van der Waals surface area (Å²) in [6.07, 6.45) is 5.97. The van der Waals surface area contributed by atoms with Crippen molar-refractivity contribution in [2.75, 3.05) is 14.2 Å². The molecule has 2 aromatic rings. The van der Waals surface area contributed by atoms with Gasteiger partial charge in [-0.3, -0.25) is 9.78 Å². The van der Waals surface area contributed by atoms with E-state index in [1.165, 1.54) is 7.11 Å². The highest BCUT2D eigenvalue weighted by Crippen LogP contribution is 2.28. The van der Waals surface area contributed by atoms with E-state index in [4.69, 9.17) is 9.47 Å². The first-order valence-electron chi connectivity index (χ1n) is 8.62. The van der Waals surface area contributed by atoms with E-state index in [-0.39, 0.29) is 23.9 Å². The van der Waals surface area contributed by atoms with Crippen LogP contribution in [0.15, 0.2) is 42.9 Å². The van der Waals surface area contributed by atoms with E-state index in [2.05, 4.69) is 9.97 Å². The number of amides is 1. The van der Waals surface area contributed by atoms with Crippen LogP contribution in [0.3, 0.4) is 0 Å². The molecule has 1 N–H and O–H groups in total. The highest BCUT2D eigenvalue weighted by Gasteiger charge is 2.38. The second-order valence-electron chi connectivity index (χ2n) is 6.31. The molecule has 1 aliphatic rings. The van der Waals surface area contributed by atoms with E-state index in [0.29, 0.717) is 17.7 Å². The smallest absolute Gasteiger partial charge is 0.259 e. The Morgan fingerprint density at radius 1 is 1.27 bits per heavy atom. The topological polar surface area (TPSA) is 84.8 Å². The molecule has 0 unspecified atom stereocenters. The molecule has 7 nitrogen and oxygen atoms in total. The summed E-state index contributed by atoms with van der Waals surface area (Å²) in [5, 5.41) is 10.8. The molecule has 0 spiro atoms. The van der Waals surface area contributed by atoms with Crippen molar-refractivity contribution in [1.82, 2.24) is 14.9 Å². The number of carbonyl (C=O) groups is 1. The predicted octanol–water partition coefficient (Wildman–Crippen LogP) is 1.92. The van der Waals surface area contributed by atoms with Crippen LogP contribution >= 0.6 is 0 Å². The number of carbonyl (C=O) groups excluding carboxylic acids is 1. The second kappa shape index (κ2) is 8.14. The highest BCUT2D eigenvalue weighted by atomic mass is 16.5. The number of rotatable bonds is 5. The summed E-state index contributed by atoms with van der Waals surface area (Å²) in [4.78, 5) is 22.5. The summed E-state index contributed by atoms with van der Waals surface area (Å²) in [5.74, 6) is 0.652. The first-order chi connectivity index (χ1) is 12.6. The van der Waals surface area contributed by atoms with Crippen LogP contribution in [0.2, 0.25) is 0 Å². The summed E-state index contributed by atoms with van der Waals surface area (Å²) >= 11 is 0. The fraction of sp³-hybridized carbons (Fsp3) is 0.421. The Kier molecular flexibility index (Phi) is 5.68. The van der Waals surface area contributed by atoms with Crippen LogP contribution in [0.5, 0.6) is 11.6 Å². The molecule has 2 aromatic heterocycles. The number of hydrogen-bond donors (Lipinski definition) is 1. The summed E-state index contributed by atoms with van der Waals surface area (Å²) in [7, 11) is 3.17. The number of ether oxygens (including phenoxy) is 2. The lowest BCUT2D eigenvalue weighted by molar-refractivity contribution is -0.0414. The molecular weight excluding hydrogens is 334 g/mol. The van der Waals surface area contributed by atoms with Gasteiger partial charge in [-0.2, -0.15) is 0 Å². The Balaban J connectivity index is 1.74. The molecule has 0 radical (unpaired) electrons. The molecule has 138 valence electrons. The van der Waals surface area contributed by atoms with Crippen LogP contribution in [0.1, 0.15) is 29.6 Å². The molecule has 1 fully saturated rings. The molecule has 0 bridgehead atoms. The van der Waals surface area contributed by atoms with Crippen LogP contribution < -0.4 is 9.47 Å². The van der Waals surface area contributed by atoms with Gasteiger partial charge in [0.05, 0.1) is 19.3 Å². The molecule has 1 amide bonds. The van der Waals surface area contributed by atoms with Gasteiger partial charge in [0.2, 0.25) is 5.88 Å². The van der Waals surface area contributed by atoms with E-state index >= 15 is 0 Å². The molecule has 26 heavy (non-hydrogen) atoms. The lowest BCUT2D eigenvalue weighted by atomic mass is 9.88. The van der Waals surface area contributed by atoms with Crippen molar-refractivity contribution in [3.8, 4) is 11.6 Å². The minimum Gasteiger partial charge on any atom is -0.486 e. The number of aliphatic hydroxyl groups is 1. The van der Waals surface area contributed by atoms with Crippen LogP contribution in [-0.2, 0) is 0 Å². The zero-order valence-corrected chi connectivity index (χ0v) is 14.9. The zero-order valence-electron chi connectivity index (χ0n) is 14.9. The molecule has 0 saturated heterocycles. The van der Waals surface area contributed by atoms with Gasteiger partial charge in [0.15, 0.2) is 0 Å². The Hall–Kier alpha value is -2.67. The van der Waals surface area contributed by atoms with Crippen LogP contribution in [0, 0.1) is 0 Å². The van der Waals surface area contributed by atoms with E-state index in [1.54, 1.807) is 54.8 Å². The van der Waals surface area contributed by atoms with Crippen LogP contribution in [0.4, 0.5) is 0 Å². The lowest BCUT2D eigenvalue weighted by Gasteiger charge is -2.39.